The Morgan fingerprint density at radius 3 is 2.84 bits per heavy atom. The van der Waals surface area contributed by atoms with Crippen LogP contribution in [-0.2, 0) is 6.42 Å². The van der Waals surface area contributed by atoms with E-state index in [2.05, 4.69) is 29.1 Å². The fourth-order valence-corrected chi connectivity index (χ4v) is 3.58. The second-order valence-electron chi connectivity index (χ2n) is 5.09. The maximum atomic E-state index is 10.5. The van der Waals surface area contributed by atoms with E-state index >= 15 is 0 Å². The minimum Gasteiger partial charge on any atom is -0.387 e. The van der Waals surface area contributed by atoms with Gasteiger partial charge in [0, 0.05) is 23.6 Å². The molecular formula is C14H23N3OS. The number of aromatic nitrogens is 2. The zero-order valence-electron chi connectivity index (χ0n) is 11.9. The summed E-state index contributed by atoms with van der Waals surface area (Å²) in [5.74, 6) is 2.66. The predicted molar refractivity (Wildman–Crippen MR) is 80.7 cm³/mol. The Kier molecular flexibility index (Phi) is 4.68. The summed E-state index contributed by atoms with van der Waals surface area (Å²) in [7, 11) is 0. The number of hydrogen-bond acceptors (Lipinski definition) is 5. The van der Waals surface area contributed by atoms with Gasteiger partial charge in [0.2, 0.25) is 0 Å². The summed E-state index contributed by atoms with van der Waals surface area (Å²) < 4.78 is 0. The molecule has 1 fully saturated rings. The zero-order chi connectivity index (χ0) is 13.9. The van der Waals surface area contributed by atoms with Gasteiger partial charge in [-0.15, -0.1) is 0 Å². The molecule has 0 aromatic carbocycles. The molecule has 4 nitrogen and oxygen atoms in total. The third-order valence-electron chi connectivity index (χ3n) is 3.64. The number of nitrogens with one attached hydrogen (secondary N) is 1. The van der Waals surface area contributed by atoms with Crippen molar-refractivity contribution in [2.75, 3.05) is 17.6 Å². The molecule has 0 radical (unpaired) electrons. The predicted octanol–water partition coefficient (Wildman–Crippen LogP) is 2.41. The fourth-order valence-electron chi connectivity index (χ4n) is 2.38. The van der Waals surface area contributed by atoms with Gasteiger partial charge in [0.05, 0.1) is 5.60 Å². The van der Waals surface area contributed by atoms with Crippen molar-refractivity contribution in [2.45, 2.75) is 50.9 Å². The number of rotatable bonds is 6. The van der Waals surface area contributed by atoms with Crippen LogP contribution in [0.4, 0.5) is 5.82 Å². The molecule has 1 aromatic heterocycles. The summed E-state index contributed by atoms with van der Waals surface area (Å²) >= 11 is 1.85. The van der Waals surface area contributed by atoms with Crippen molar-refractivity contribution < 1.29 is 5.11 Å². The molecule has 19 heavy (non-hydrogen) atoms. The first kappa shape index (κ1) is 14.6. The molecule has 0 saturated heterocycles. The fraction of sp³-hybridized carbons (Fsp3) is 0.714. The average Bonchev–Trinajstić information content (AvgIpc) is 2.40. The SMILES string of the molecule is CCSC1CCC1(O)CNc1cc(CC)nc(C)n1. The molecule has 0 aliphatic heterocycles. The van der Waals surface area contributed by atoms with Crippen molar-refractivity contribution in [1.82, 2.24) is 9.97 Å². The Bertz CT molecular complexity index is 441. The van der Waals surface area contributed by atoms with Gasteiger partial charge in [0.1, 0.15) is 11.6 Å². The van der Waals surface area contributed by atoms with Crippen LogP contribution in [0.3, 0.4) is 0 Å². The van der Waals surface area contributed by atoms with E-state index in [-0.39, 0.29) is 0 Å². The van der Waals surface area contributed by atoms with E-state index in [4.69, 9.17) is 0 Å². The summed E-state index contributed by atoms with van der Waals surface area (Å²) in [5.41, 5.74) is 0.460. The molecule has 2 atom stereocenters. The van der Waals surface area contributed by atoms with E-state index in [1.54, 1.807) is 0 Å². The number of aryl methyl sites for hydroxylation is 2. The average molecular weight is 281 g/mol. The first-order chi connectivity index (χ1) is 9.07. The maximum Gasteiger partial charge on any atom is 0.130 e. The van der Waals surface area contributed by atoms with Gasteiger partial charge in [-0.3, -0.25) is 0 Å². The summed E-state index contributed by atoms with van der Waals surface area (Å²) in [6, 6.07) is 1.97. The highest BCUT2D eigenvalue weighted by Gasteiger charge is 2.44. The molecule has 1 aliphatic carbocycles. The molecule has 1 heterocycles. The van der Waals surface area contributed by atoms with Gasteiger partial charge in [-0.05, 0) is 31.9 Å². The van der Waals surface area contributed by atoms with Crippen LogP contribution < -0.4 is 5.32 Å². The second kappa shape index (κ2) is 6.09. The number of anilines is 1. The molecule has 2 rings (SSSR count). The quantitative estimate of drug-likeness (QED) is 0.838. The highest BCUT2D eigenvalue weighted by Crippen LogP contribution is 2.41. The lowest BCUT2D eigenvalue weighted by atomic mass is 9.79. The number of nitrogens with zero attached hydrogens (tertiary/aromatic N) is 2. The van der Waals surface area contributed by atoms with Crippen LogP contribution in [0.25, 0.3) is 0 Å². The minimum absolute atomic E-state index is 0.360. The maximum absolute atomic E-state index is 10.5. The van der Waals surface area contributed by atoms with Crippen LogP contribution in [0, 0.1) is 6.92 Å². The topological polar surface area (TPSA) is 58.0 Å². The van der Waals surface area contributed by atoms with Crippen molar-refractivity contribution in [2.24, 2.45) is 0 Å². The molecule has 2 unspecified atom stereocenters. The van der Waals surface area contributed by atoms with E-state index in [9.17, 15) is 5.11 Å². The molecule has 5 heteroatoms. The Labute approximate surface area is 119 Å². The highest BCUT2D eigenvalue weighted by atomic mass is 32.2. The molecule has 0 amide bonds. The highest BCUT2D eigenvalue weighted by molar-refractivity contribution is 8.00. The van der Waals surface area contributed by atoms with E-state index in [1.807, 2.05) is 24.8 Å². The second-order valence-corrected chi connectivity index (χ2v) is 6.56. The normalized spacial score (nSPS) is 26.0. The lowest BCUT2D eigenvalue weighted by molar-refractivity contribution is -0.0120. The third kappa shape index (κ3) is 3.39. The van der Waals surface area contributed by atoms with Gasteiger partial charge in [-0.1, -0.05) is 13.8 Å². The molecule has 0 spiro atoms. The Balaban J connectivity index is 1.97. The third-order valence-corrected chi connectivity index (χ3v) is 5.05. The molecule has 1 aliphatic rings. The van der Waals surface area contributed by atoms with Crippen LogP contribution in [-0.4, -0.2) is 38.2 Å². The molecule has 0 bridgehead atoms. The lowest BCUT2D eigenvalue weighted by Gasteiger charge is -2.45. The molecule has 1 saturated carbocycles. The van der Waals surface area contributed by atoms with Crippen LogP contribution in [0.2, 0.25) is 0 Å². The first-order valence-corrected chi connectivity index (χ1v) is 8.04. The summed E-state index contributed by atoms with van der Waals surface area (Å²) in [4.78, 5) is 8.73. The number of aliphatic hydroxyl groups is 1. The largest absolute Gasteiger partial charge is 0.387 e. The van der Waals surface area contributed by atoms with Crippen molar-refractivity contribution in [3.05, 3.63) is 17.6 Å². The molecular weight excluding hydrogens is 258 g/mol. The molecule has 106 valence electrons. The van der Waals surface area contributed by atoms with Gasteiger partial charge < -0.3 is 10.4 Å². The van der Waals surface area contributed by atoms with Crippen LogP contribution in [0.15, 0.2) is 6.07 Å². The van der Waals surface area contributed by atoms with E-state index in [0.717, 1.165) is 42.4 Å². The van der Waals surface area contributed by atoms with Crippen LogP contribution in [0.5, 0.6) is 0 Å². The smallest absolute Gasteiger partial charge is 0.130 e. The van der Waals surface area contributed by atoms with Crippen LogP contribution >= 0.6 is 11.8 Å². The number of thioether (sulfide) groups is 1. The Hall–Kier alpha value is -0.810. The Morgan fingerprint density at radius 1 is 1.47 bits per heavy atom. The molecule has 1 aromatic rings. The Morgan fingerprint density at radius 2 is 2.26 bits per heavy atom. The van der Waals surface area contributed by atoms with E-state index in [0.29, 0.717) is 11.8 Å². The van der Waals surface area contributed by atoms with Gasteiger partial charge in [-0.2, -0.15) is 11.8 Å². The van der Waals surface area contributed by atoms with Gasteiger partial charge in [0.15, 0.2) is 0 Å². The molecule has 2 N–H and O–H groups in total. The van der Waals surface area contributed by atoms with Gasteiger partial charge >= 0.3 is 0 Å². The standard InChI is InChI=1S/C14H23N3OS/c1-4-11-8-13(17-10(3)16-11)15-9-14(18)7-6-12(14)19-5-2/h8,12,18H,4-7,9H2,1-3H3,(H,15,16,17). The van der Waals surface area contributed by atoms with E-state index in [1.165, 1.54) is 0 Å². The van der Waals surface area contributed by atoms with Crippen molar-refractivity contribution >= 4 is 17.6 Å². The van der Waals surface area contributed by atoms with Gasteiger partial charge in [-0.25, -0.2) is 9.97 Å². The monoisotopic (exact) mass is 281 g/mol. The van der Waals surface area contributed by atoms with Crippen molar-refractivity contribution in [3.63, 3.8) is 0 Å². The van der Waals surface area contributed by atoms with Crippen molar-refractivity contribution in [3.8, 4) is 0 Å². The van der Waals surface area contributed by atoms with E-state index < -0.39 is 5.60 Å². The summed E-state index contributed by atoms with van der Waals surface area (Å²) in [5, 5.41) is 14.2. The first-order valence-electron chi connectivity index (χ1n) is 7.00. The van der Waals surface area contributed by atoms with Crippen LogP contribution in [0.1, 0.15) is 38.2 Å². The van der Waals surface area contributed by atoms with Gasteiger partial charge in [0.25, 0.3) is 0 Å². The summed E-state index contributed by atoms with van der Waals surface area (Å²) in [6.45, 7) is 6.69. The lowest BCUT2D eigenvalue weighted by Crippen LogP contribution is -2.54. The number of hydrogen-bond donors (Lipinski definition) is 2. The minimum atomic E-state index is -0.577. The van der Waals surface area contributed by atoms with Crippen molar-refractivity contribution in [1.29, 1.82) is 0 Å². The summed E-state index contributed by atoms with van der Waals surface area (Å²) in [6.07, 6.45) is 2.89. The zero-order valence-corrected chi connectivity index (χ0v) is 12.8.